The van der Waals surface area contributed by atoms with Gasteiger partial charge in [-0.1, -0.05) is 26.8 Å². The normalized spacial score (nSPS) is 10.8. The van der Waals surface area contributed by atoms with Gasteiger partial charge in [-0.2, -0.15) is 0 Å². The van der Waals surface area contributed by atoms with Crippen molar-refractivity contribution in [3.63, 3.8) is 0 Å². The third-order valence-electron chi connectivity index (χ3n) is 4.08. The highest BCUT2D eigenvalue weighted by molar-refractivity contribution is 6.08. The van der Waals surface area contributed by atoms with Gasteiger partial charge in [-0.15, -0.1) is 0 Å². The molecule has 0 unspecified atom stereocenters. The number of hydrogen-bond acceptors (Lipinski definition) is 6. The number of carbonyl (C=O) groups is 2. The Morgan fingerprint density at radius 1 is 1.07 bits per heavy atom. The minimum Gasteiger partial charge on any atom is -0.493 e. The molecule has 0 spiro atoms. The number of rotatable bonds is 7. The van der Waals surface area contributed by atoms with E-state index in [1.165, 1.54) is 13.2 Å². The minimum absolute atomic E-state index is 0.159. The van der Waals surface area contributed by atoms with Crippen LogP contribution in [0.4, 0.5) is 17.1 Å². The zero-order valence-electron chi connectivity index (χ0n) is 17.6. The molecule has 2 aromatic rings. The molecule has 9 heteroatoms. The smallest absolute Gasteiger partial charge is 0.286 e. The van der Waals surface area contributed by atoms with Crippen LogP contribution in [0.2, 0.25) is 0 Å². The average molecular weight is 415 g/mol. The number of methoxy groups -OCH3 is 1. The molecular formula is C21H25N3O6. The monoisotopic (exact) mass is 415 g/mol. The molecule has 0 aliphatic rings. The molecule has 0 bridgehead atoms. The number of nitro benzene ring substituents is 1. The topological polar surface area (TPSA) is 120 Å². The molecule has 30 heavy (non-hydrogen) atoms. The molecule has 0 aliphatic carbocycles. The lowest BCUT2D eigenvalue weighted by Gasteiger charge is -2.18. The summed E-state index contributed by atoms with van der Waals surface area (Å²) in [6.07, 6.45) is 0. The van der Waals surface area contributed by atoms with Crippen molar-refractivity contribution in [2.45, 2.75) is 27.7 Å². The zero-order valence-corrected chi connectivity index (χ0v) is 17.6. The van der Waals surface area contributed by atoms with Crippen LogP contribution in [0.15, 0.2) is 36.4 Å². The van der Waals surface area contributed by atoms with Gasteiger partial charge < -0.3 is 20.1 Å². The van der Waals surface area contributed by atoms with E-state index in [4.69, 9.17) is 9.47 Å². The summed E-state index contributed by atoms with van der Waals surface area (Å²) in [6, 6.07) is 8.95. The number of benzene rings is 2. The molecule has 0 radical (unpaired) electrons. The maximum atomic E-state index is 12.8. The van der Waals surface area contributed by atoms with E-state index in [2.05, 4.69) is 10.6 Å². The fraction of sp³-hybridized carbons (Fsp3) is 0.333. The summed E-state index contributed by atoms with van der Waals surface area (Å²) in [5.41, 5.74) is -0.307. The van der Waals surface area contributed by atoms with Crippen LogP contribution in [-0.2, 0) is 4.79 Å². The molecule has 0 atom stereocenters. The van der Waals surface area contributed by atoms with Gasteiger partial charge in [0.25, 0.3) is 11.6 Å². The van der Waals surface area contributed by atoms with Crippen LogP contribution < -0.4 is 20.1 Å². The van der Waals surface area contributed by atoms with Gasteiger partial charge in [0.05, 0.1) is 24.7 Å². The number of amides is 2. The van der Waals surface area contributed by atoms with Gasteiger partial charge in [0.1, 0.15) is 5.56 Å². The maximum Gasteiger partial charge on any atom is 0.286 e. The van der Waals surface area contributed by atoms with E-state index in [1.807, 2.05) is 0 Å². The fourth-order valence-corrected chi connectivity index (χ4v) is 2.50. The Morgan fingerprint density at radius 2 is 1.70 bits per heavy atom. The van der Waals surface area contributed by atoms with Crippen LogP contribution in [0.5, 0.6) is 11.5 Å². The Hall–Kier alpha value is -3.62. The summed E-state index contributed by atoms with van der Waals surface area (Å²) < 4.78 is 10.5. The standard InChI is InChI=1S/C21H25N3O6/c1-6-30-18-11-15(16(24(27)28)12-17(18)29-5)19(25)22-13-8-7-9-14(10-13)23-20(26)21(2,3)4/h7-12H,6H2,1-5H3,(H,22,25)(H,23,26). The van der Waals surface area contributed by atoms with E-state index < -0.39 is 21.9 Å². The summed E-state index contributed by atoms with van der Waals surface area (Å²) >= 11 is 0. The molecule has 2 amide bonds. The number of hydrogen-bond donors (Lipinski definition) is 2. The van der Waals surface area contributed by atoms with Crippen LogP contribution in [0.25, 0.3) is 0 Å². The Kier molecular flexibility index (Phi) is 6.99. The van der Waals surface area contributed by atoms with Gasteiger partial charge in [-0.25, -0.2) is 0 Å². The summed E-state index contributed by atoms with van der Waals surface area (Å²) in [5, 5.41) is 16.9. The summed E-state index contributed by atoms with van der Waals surface area (Å²) in [4.78, 5) is 35.8. The van der Waals surface area contributed by atoms with E-state index in [0.717, 1.165) is 6.07 Å². The molecule has 0 heterocycles. The van der Waals surface area contributed by atoms with Crippen LogP contribution in [-0.4, -0.2) is 30.5 Å². The van der Waals surface area contributed by atoms with Gasteiger partial charge in [-0.05, 0) is 25.1 Å². The van der Waals surface area contributed by atoms with Gasteiger partial charge in [0.15, 0.2) is 11.5 Å². The quantitative estimate of drug-likeness (QED) is 0.516. The Bertz CT molecular complexity index is 966. The first-order valence-corrected chi connectivity index (χ1v) is 9.29. The second-order valence-corrected chi connectivity index (χ2v) is 7.45. The molecule has 0 saturated heterocycles. The lowest BCUT2D eigenvalue weighted by molar-refractivity contribution is -0.385. The molecule has 2 rings (SSSR count). The predicted molar refractivity (Wildman–Crippen MR) is 113 cm³/mol. The first-order chi connectivity index (χ1) is 14.1. The molecule has 0 fully saturated rings. The van der Waals surface area contributed by atoms with E-state index in [9.17, 15) is 19.7 Å². The third kappa shape index (κ3) is 5.47. The highest BCUT2D eigenvalue weighted by Gasteiger charge is 2.25. The molecular weight excluding hydrogens is 390 g/mol. The highest BCUT2D eigenvalue weighted by atomic mass is 16.6. The molecule has 0 saturated carbocycles. The highest BCUT2D eigenvalue weighted by Crippen LogP contribution is 2.35. The van der Waals surface area contributed by atoms with Crippen molar-refractivity contribution < 1.29 is 24.0 Å². The van der Waals surface area contributed by atoms with Crippen molar-refractivity contribution in [2.75, 3.05) is 24.4 Å². The van der Waals surface area contributed by atoms with E-state index in [0.29, 0.717) is 18.0 Å². The molecule has 9 nitrogen and oxygen atoms in total. The maximum absolute atomic E-state index is 12.8. The van der Waals surface area contributed by atoms with Crippen molar-refractivity contribution in [1.29, 1.82) is 0 Å². The third-order valence-corrected chi connectivity index (χ3v) is 4.08. The first-order valence-electron chi connectivity index (χ1n) is 9.29. The number of ether oxygens (including phenoxy) is 2. The predicted octanol–water partition coefficient (Wildman–Crippen LogP) is 4.24. The summed E-state index contributed by atoms with van der Waals surface area (Å²) in [7, 11) is 1.36. The van der Waals surface area contributed by atoms with Crippen molar-refractivity contribution in [1.82, 2.24) is 0 Å². The molecule has 0 aliphatic heterocycles. The van der Waals surface area contributed by atoms with Gasteiger partial charge in [-0.3, -0.25) is 19.7 Å². The van der Waals surface area contributed by atoms with Crippen molar-refractivity contribution >= 4 is 28.9 Å². The minimum atomic E-state index is -0.690. The van der Waals surface area contributed by atoms with E-state index >= 15 is 0 Å². The van der Waals surface area contributed by atoms with Crippen LogP contribution in [0.3, 0.4) is 0 Å². The van der Waals surface area contributed by atoms with Crippen LogP contribution >= 0.6 is 0 Å². The number of nitrogens with zero attached hydrogens (tertiary/aromatic N) is 1. The number of nitro groups is 1. The number of carbonyl (C=O) groups excluding carboxylic acids is 2. The summed E-state index contributed by atoms with van der Waals surface area (Å²) in [5.74, 6) is -0.489. The molecule has 0 aromatic heterocycles. The second kappa shape index (κ2) is 9.25. The Balaban J connectivity index is 2.33. The lowest BCUT2D eigenvalue weighted by atomic mass is 9.95. The average Bonchev–Trinajstić information content (AvgIpc) is 2.67. The molecule has 160 valence electrons. The van der Waals surface area contributed by atoms with Gasteiger partial charge >= 0.3 is 0 Å². The number of nitrogens with one attached hydrogen (secondary N) is 2. The van der Waals surface area contributed by atoms with Gasteiger partial charge in [0, 0.05) is 22.9 Å². The summed E-state index contributed by atoms with van der Waals surface area (Å²) in [6.45, 7) is 7.40. The van der Waals surface area contributed by atoms with Crippen molar-refractivity contribution in [3.8, 4) is 11.5 Å². The molecule has 2 N–H and O–H groups in total. The lowest BCUT2D eigenvalue weighted by Crippen LogP contribution is -2.27. The zero-order chi connectivity index (χ0) is 22.5. The van der Waals surface area contributed by atoms with Crippen LogP contribution in [0.1, 0.15) is 38.1 Å². The SMILES string of the molecule is CCOc1cc(C(=O)Nc2cccc(NC(=O)C(C)(C)C)c2)c([N+](=O)[O-])cc1OC. The largest absolute Gasteiger partial charge is 0.493 e. The van der Waals surface area contributed by atoms with Gasteiger partial charge in [0.2, 0.25) is 5.91 Å². The fourth-order valence-electron chi connectivity index (χ4n) is 2.50. The first kappa shape index (κ1) is 22.7. The van der Waals surface area contributed by atoms with Crippen LogP contribution in [0, 0.1) is 15.5 Å². The molecule has 2 aromatic carbocycles. The van der Waals surface area contributed by atoms with E-state index in [-0.39, 0.29) is 23.0 Å². The second-order valence-electron chi connectivity index (χ2n) is 7.45. The number of anilines is 2. The van der Waals surface area contributed by atoms with Crippen molar-refractivity contribution in [2.24, 2.45) is 5.41 Å². The Morgan fingerprint density at radius 3 is 2.23 bits per heavy atom. The van der Waals surface area contributed by atoms with E-state index in [1.54, 1.807) is 52.0 Å². The van der Waals surface area contributed by atoms with Crippen molar-refractivity contribution in [3.05, 3.63) is 52.1 Å². The Labute approximate surface area is 174 Å².